The summed E-state index contributed by atoms with van der Waals surface area (Å²) >= 11 is 1.61. The third-order valence-electron chi connectivity index (χ3n) is 4.49. The molecule has 4 heteroatoms. The van der Waals surface area contributed by atoms with Crippen LogP contribution in [0.15, 0.2) is 65.6 Å². The fourth-order valence-corrected chi connectivity index (χ4v) is 4.03. The Labute approximate surface area is 148 Å². The van der Waals surface area contributed by atoms with Gasteiger partial charge in [-0.3, -0.25) is 4.79 Å². The average molecular weight is 340 g/mol. The molecule has 1 aliphatic rings. The van der Waals surface area contributed by atoms with E-state index in [1.54, 1.807) is 11.8 Å². The number of hydrogen-bond donors (Lipinski definition) is 2. The summed E-state index contributed by atoms with van der Waals surface area (Å²) in [5.74, 6) is 0.601. The second-order valence-corrected chi connectivity index (χ2v) is 7.49. The molecule has 3 rings (SSSR count). The lowest BCUT2D eigenvalue weighted by Gasteiger charge is -2.31. The Bertz CT molecular complexity index is 647. The molecule has 1 amide bonds. The van der Waals surface area contributed by atoms with Crippen molar-refractivity contribution < 1.29 is 4.79 Å². The number of nitrogens with one attached hydrogen (secondary N) is 2. The van der Waals surface area contributed by atoms with Crippen LogP contribution in [0.1, 0.15) is 24.2 Å². The van der Waals surface area contributed by atoms with Gasteiger partial charge in [0.1, 0.15) is 5.25 Å². The summed E-state index contributed by atoms with van der Waals surface area (Å²) in [6, 6.07) is 20.4. The summed E-state index contributed by atoms with van der Waals surface area (Å²) < 4.78 is 0. The van der Waals surface area contributed by atoms with Gasteiger partial charge in [-0.1, -0.05) is 55.5 Å². The van der Waals surface area contributed by atoms with Gasteiger partial charge in [-0.05, 0) is 36.6 Å². The highest BCUT2D eigenvalue weighted by molar-refractivity contribution is 8.00. The monoisotopic (exact) mass is 340 g/mol. The maximum Gasteiger partial charge on any atom is 0.238 e. The second kappa shape index (κ2) is 8.36. The van der Waals surface area contributed by atoms with E-state index in [1.807, 2.05) is 48.5 Å². The van der Waals surface area contributed by atoms with Crippen LogP contribution in [0.3, 0.4) is 0 Å². The normalized spacial score (nSPS) is 21.9. The van der Waals surface area contributed by atoms with Gasteiger partial charge < -0.3 is 10.6 Å². The average Bonchev–Trinajstić information content (AvgIpc) is 2.63. The number of carbonyl (C=O) groups is 1. The first-order valence-corrected chi connectivity index (χ1v) is 9.40. The van der Waals surface area contributed by atoms with Crippen LogP contribution in [0.2, 0.25) is 0 Å². The molecule has 0 saturated carbocycles. The van der Waals surface area contributed by atoms with Gasteiger partial charge >= 0.3 is 0 Å². The number of piperidine rings is 1. The van der Waals surface area contributed by atoms with Crippen molar-refractivity contribution in [2.24, 2.45) is 5.92 Å². The SMILES string of the molecule is CC1CCNCC1NC(=O)C(Sc1ccccc1)c1ccccc1. The molecule has 24 heavy (non-hydrogen) atoms. The Morgan fingerprint density at radius 3 is 2.46 bits per heavy atom. The zero-order valence-electron chi connectivity index (χ0n) is 13.9. The quantitative estimate of drug-likeness (QED) is 0.817. The first-order valence-electron chi connectivity index (χ1n) is 8.52. The maximum atomic E-state index is 13.0. The van der Waals surface area contributed by atoms with Gasteiger partial charge in [-0.2, -0.15) is 0 Å². The molecule has 0 bridgehead atoms. The third kappa shape index (κ3) is 4.40. The highest BCUT2D eigenvalue weighted by atomic mass is 32.2. The van der Waals surface area contributed by atoms with Gasteiger partial charge in [0, 0.05) is 17.5 Å². The van der Waals surface area contributed by atoms with Crippen molar-refractivity contribution in [2.45, 2.75) is 29.5 Å². The van der Waals surface area contributed by atoms with E-state index in [2.05, 4.69) is 29.7 Å². The van der Waals surface area contributed by atoms with Crippen molar-refractivity contribution >= 4 is 17.7 Å². The molecule has 3 unspecified atom stereocenters. The molecule has 2 aromatic carbocycles. The highest BCUT2D eigenvalue weighted by Crippen LogP contribution is 2.35. The first-order chi connectivity index (χ1) is 11.7. The lowest BCUT2D eigenvalue weighted by Crippen LogP contribution is -2.51. The Kier molecular flexibility index (Phi) is 5.94. The van der Waals surface area contributed by atoms with E-state index < -0.39 is 0 Å². The molecule has 0 radical (unpaired) electrons. The molecule has 3 nitrogen and oxygen atoms in total. The summed E-state index contributed by atoms with van der Waals surface area (Å²) in [6.07, 6.45) is 1.10. The lowest BCUT2D eigenvalue weighted by molar-refractivity contribution is -0.121. The van der Waals surface area contributed by atoms with E-state index in [0.29, 0.717) is 5.92 Å². The summed E-state index contributed by atoms with van der Waals surface area (Å²) in [4.78, 5) is 14.1. The largest absolute Gasteiger partial charge is 0.351 e. The van der Waals surface area contributed by atoms with Gasteiger partial charge in [-0.25, -0.2) is 0 Å². The maximum absolute atomic E-state index is 13.0. The molecule has 2 aromatic rings. The van der Waals surface area contributed by atoms with Crippen LogP contribution in [0.4, 0.5) is 0 Å². The predicted molar refractivity (Wildman–Crippen MR) is 100 cm³/mol. The molecule has 126 valence electrons. The standard InChI is InChI=1S/C20H24N2OS/c1-15-12-13-21-14-18(15)22-20(23)19(16-8-4-2-5-9-16)24-17-10-6-3-7-11-17/h2-11,15,18-19,21H,12-14H2,1H3,(H,22,23). The number of amides is 1. The van der Waals surface area contributed by atoms with E-state index >= 15 is 0 Å². The van der Waals surface area contributed by atoms with E-state index in [-0.39, 0.29) is 17.2 Å². The lowest BCUT2D eigenvalue weighted by atomic mass is 9.94. The summed E-state index contributed by atoms with van der Waals surface area (Å²) in [5.41, 5.74) is 1.04. The van der Waals surface area contributed by atoms with Crippen molar-refractivity contribution in [3.63, 3.8) is 0 Å². The summed E-state index contributed by atoms with van der Waals surface area (Å²) in [5, 5.41) is 6.41. The zero-order chi connectivity index (χ0) is 16.8. The number of rotatable bonds is 5. The predicted octanol–water partition coefficient (Wildman–Crippen LogP) is 3.63. The fourth-order valence-electron chi connectivity index (χ4n) is 2.98. The van der Waals surface area contributed by atoms with Crippen molar-refractivity contribution in [1.82, 2.24) is 10.6 Å². The third-order valence-corrected chi connectivity index (χ3v) is 5.76. The topological polar surface area (TPSA) is 41.1 Å². The van der Waals surface area contributed by atoms with Crippen LogP contribution >= 0.6 is 11.8 Å². The minimum atomic E-state index is -0.234. The molecule has 1 aliphatic heterocycles. The summed E-state index contributed by atoms with van der Waals surface area (Å²) in [6.45, 7) is 4.10. The van der Waals surface area contributed by atoms with Gasteiger partial charge in [0.15, 0.2) is 0 Å². The van der Waals surface area contributed by atoms with E-state index in [4.69, 9.17) is 0 Å². The van der Waals surface area contributed by atoms with E-state index in [9.17, 15) is 4.79 Å². The van der Waals surface area contributed by atoms with Crippen LogP contribution in [0, 0.1) is 5.92 Å². The van der Waals surface area contributed by atoms with E-state index in [0.717, 1.165) is 30.0 Å². The smallest absolute Gasteiger partial charge is 0.238 e. The Balaban J connectivity index is 1.77. The number of thioether (sulfide) groups is 1. The van der Waals surface area contributed by atoms with Gasteiger partial charge in [-0.15, -0.1) is 11.8 Å². The highest BCUT2D eigenvalue weighted by Gasteiger charge is 2.28. The molecule has 1 heterocycles. The first kappa shape index (κ1) is 17.1. The minimum absolute atomic E-state index is 0.0932. The Morgan fingerprint density at radius 1 is 1.12 bits per heavy atom. The van der Waals surface area contributed by atoms with Crippen LogP contribution < -0.4 is 10.6 Å². The molecule has 0 spiro atoms. The molecular formula is C20H24N2OS. The molecule has 1 fully saturated rings. The molecule has 0 aromatic heterocycles. The van der Waals surface area contributed by atoms with Crippen molar-refractivity contribution in [1.29, 1.82) is 0 Å². The van der Waals surface area contributed by atoms with Gasteiger partial charge in [0.25, 0.3) is 0 Å². The van der Waals surface area contributed by atoms with Crippen LogP contribution in [0.25, 0.3) is 0 Å². The van der Waals surface area contributed by atoms with Gasteiger partial charge in [0.2, 0.25) is 5.91 Å². The van der Waals surface area contributed by atoms with Gasteiger partial charge in [0.05, 0.1) is 0 Å². The second-order valence-electron chi connectivity index (χ2n) is 6.31. The van der Waals surface area contributed by atoms with Crippen molar-refractivity contribution in [3.05, 3.63) is 66.2 Å². The van der Waals surface area contributed by atoms with Crippen molar-refractivity contribution in [3.8, 4) is 0 Å². The van der Waals surface area contributed by atoms with E-state index in [1.165, 1.54) is 0 Å². The zero-order valence-corrected chi connectivity index (χ0v) is 14.8. The molecule has 3 atom stereocenters. The Morgan fingerprint density at radius 2 is 1.79 bits per heavy atom. The molecule has 0 aliphatic carbocycles. The summed E-state index contributed by atoms with van der Waals surface area (Å²) in [7, 11) is 0. The number of hydrogen-bond acceptors (Lipinski definition) is 3. The molecule has 1 saturated heterocycles. The molecule has 2 N–H and O–H groups in total. The fraction of sp³-hybridized carbons (Fsp3) is 0.350. The van der Waals surface area contributed by atoms with Crippen LogP contribution in [-0.2, 0) is 4.79 Å². The van der Waals surface area contributed by atoms with Crippen LogP contribution in [-0.4, -0.2) is 25.0 Å². The number of benzene rings is 2. The van der Waals surface area contributed by atoms with Crippen LogP contribution in [0.5, 0.6) is 0 Å². The minimum Gasteiger partial charge on any atom is -0.351 e. The number of carbonyl (C=O) groups excluding carboxylic acids is 1. The Hall–Kier alpha value is -1.78. The molecular weight excluding hydrogens is 316 g/mol. The van der Waals surface area contributed by atoms with Crippen molar-refractivity contribution in [2.75, 3.05) is 13.1 Å².